The Hall–Kier alpha value is -2.24. The summed E-state index contributed by atoms with van der Waals surface area (Å²) < 4.78 is 0. The predicted molar refractivity (Wildman–Crippen MR) is 73.5 cm³/mol. The summed E-state index contributed by atoms with van der Waals surface area (Å²) in [5, 5.41) is 10.6. The summed E-state index contributed by atoms with van der Waals surface area (Å²) in [6.45, 7) is 0. The maximum absolute atomic E-state index is 8.88. The van der Waals surface area contributed by atoms with E-state index in [1.807, 2.05) is 42.5 Å². The van der Waals surface area contributed by atoms with Crippen molar-refractivity contribution >= 4 is 22.5 Å². The van der Waals surface area contributed by atoms with Gasteiger partial charge in [-0.05, 0) is 42.0 Å². The van der Waals surface area contributed by atoms with E-state index in [4.69, 9.17) is 16.9 Å². The first kappa shape index (κ1) is 10.9. The summed E-state index contributed by atoms with van der Waals surface area (Å²) in [4.78, 5) is 3.32. The van der Waals surface area contributed by atoms with Gasteiger partial charge in [0.15, 0.2) is 0 Å². The third-order valence-corrected chi connectivity index (χ3v) is 3.12. The van der Waals surface area contributed by atoms with Crippen LogP contribution in [0.3, 0.4) is 0 Å². The molecular weight excluding hydrogens is 244 g/mol. The molecule has 0 amide bonds. The molecule has 3 rings (SSSR count). The molecule has 1 aromatic heterocycles. The predicted octanol–water partition coefficient (Wildman–Crippen LogP) is 4.36. The van der Waals surface area contributed by atoms with Gasteiger partial charge in [-0.25, -0.2) is 0 Å². The molecule has 18 heavy (non-hydrogen) atoms. The summed E-state index contributed by atoms with van der Waals surface area (Å²) in [5.74, 6) is 0. The van der Waals surface area contributed by atoms with Gasteiger partial charge in [0.2, 0.25) is 0 Å². The van der Waals surface area contributed by atoms with E-state index in [1.165, 1.54) is 0 Å². The van der Waals surface area contributed by atoms with Crippen LogP contribution < -0.4 is 0 Å². The van der Waals surface area contributed by atoms with Crippen molar-refractivity contribution in [3.8, 4) is 17.3 Å². The van der Waals surface area contributed by atoms with E-state index in [1.54, 1.807) is 6.07 Å². The van der Waals surface area contributed by atoms with Crippen LogP contribution in [-0.4, -0.2) is 4.98 Å². The maximum atomic E-state index is 8.88. The summed E-state index contributed by atoms with van der Waals surface area (Å²) in [6.07, 6.45) is 0. The van der Waals surface area contributed by atoms with Crippen LogP contribution in [0.15, 0.2) is 48.5 Å². The van der Waals surface area contributed by atoms with Crippen molar-refractivity contribution in [2.24, 2.45) is 0 Å². The Bertz CT molecular complexity index is 766. The zero-order valence-corrected chi connectivity index (χ0v) is 10.2. The van der Waals surface area contributed by atoms with E-state index < -0.39 is 0 Å². The van der Waals surface area contributed by atoms with E-state index in [0.29, 0.717) is 10.6 Å². The van der Waals surface area contributed by atoms with Gasteiger partial charge in [-0.1, -0.05) is 23.7 Å². The second-order valence-corrected chi connectivity index (χ2v) is 4.54. The average molecular weight is 253 g/mol. The molecule has 0 aliphatic carbocycles. The molecule has 3 aromatic rings. The topological polar surface area (TPSA) is 39.6 Å². The van der Waals surface area contributed by atoms with Crippen LogP contribution in [0, 0.1) is 11.3 Å². The van der Waals surface area contributed by atoms with Crippen LogP contribution in [0.4, 0.5) is 0 Å². The number of aromatic amines is 1. The fraction of sp³-hybridized carbons (Fsp3) is 0. The van der Waals surface area contributed by atoms with E-state index >= 15 is 0 Å². The fourth-order valence-corrected chi connectivity index (χ4v) is 2.20. The zero-order valence-electron chi connectivity index (χ0n) is 9.44. The van der Waals surface area contributed by atoms with Gasteiger partial charge in [-0.2, -0.15) is 5.26 Å². The van der Waals surface area contributed by atoms with Crippen molar-refractivity contribution in [3.63, 3.8) is 0 Å². The number of rotatable bonds is 1. The SMILES string of the molecule is N#Cc1ccc2[nH]c(-c3cccc(Cl)c3)cc2c1. The molecule has 0 saturated heterocycles. The molecule has 0 bridgehead atoms. The minimum absolute atomic E-state index is 0.666. The molecule has 0 atom stereocenters. The number of halogens is 1. The van der Waals surface area contributed by atoms with E-state index in [0.717, 1.165) is 22.2 Å². The number of hydrogen-bond donors (Lipinski definition) is 1. The molecule has 0 radical (unpaired) electrons. The maximum Gasteiger partial charge on any atom is 0.0991 e. The van der Waals surface area contributed by atoms with Crippen LogP contribution in [0.5, 0.6) is 0 Å². The molecule has 1 heterocycles. The lowest BCUT2D eigenvalue weighted by molar-refractivity contribution is 1.45. The number of fused-ring (bicyclic) bond motifs is 1. The van der Waals surface area contributed by atoms with Gasteiger partial charge >= 0.3 is 0 Å². The largest absolute Gasteiger partial charge is 0.355 e. The number of hydrogen-bond acceptors (Lipinski definition) is 1. The molecule has 0 fully saturated rings. The van der Waals surface area contributed by atoms with Crippen LogP contribution in [0.2, 0.25) is 5.02 Å². The second-order valence-electron chi connectivity index (χ2n) is 4.11. The molecule has 2 aromatic carbocycles. The third kappa shape index (κ3) is 1.85. The molecule has 0 spiro atoms. The molecule has 0 saturated carbocycles. The van der Waals surface area contributed by atoms with Gasteiger partial charge in [0, 0.05) is 21.6 Å². The Morgan fingerprint density at radius 3 is 2.72 bits per heavy atom. The monoisotopic (exact) mass is 252 g/mol. The van der Waals surface area contributed by atoms with Crippen molar-refractivity contribution in [1.82, 2.24) is 4.98 Å². The average Bonchev–Trinajstić information content (AvgIpc) is 2.81. The van der Waals surface area contributed by atoms with E-state index in [-0.39, 0.29) is 0 Å². The van der Waals surface area contributed by atoms with Gasteiger partial charge < -0.3 is 4.98 Å². The summed E-state index contributed by atoms with van der Waals surface area (Å²) in [7, 11) is 0. The number of nitriles is 1. The minimum atomic E-state index is 0.666. The van der Waals surface area contributed by atoms with Crippen LogP contribution in [-0.2, 0) is 0 Å². The minimum Gasteiger partial charge on any atom is -0.355 e. The summed E-state index contributed by atoms with van der Waals surface area (Å²) in [6, 6.07) is 17.5. The molecule has 0 aliphatic rings. The van der Waals surface area contributed by atoms with Crippen molar-refractivity contribution < 1.29 is 0 Å². The highest BCUT2D eigenvalue weighted by Gasteiger charge is 2.04. The lowest BCUT2D eigenvalue weighted by Gasteiger charge is -1.97. The van der Waals surface area contributed by atoms with Crippen molar-refractivity contribution in [2.45, 2.75) is 0 Å². The normalized spacial score (nSPS) is 10.4. The van der Waals surface area contributed by atoms with Gasteiger partial charge in [0.05, 0.1) is 11.6 Å². The summed E-state index contributed by atoms with van der Waals surface area (Å²) >= 11 is 5.98. The van der Waals surface area contributed by atoms with Gasteiger partial charge in [0.1, 0.15) is 0 Å². The van der Waals surface area contributed by atoms with Gasteiger partial charge in [0.25, 0.3) is 0 Å². The Labute approximate surface area is 109 Å². The van der Waals surface area contributed by atoms with Gasteiger partial charge in [-0.3, -0.25) is 0 Å². The molecule has 3 heteroatoms. The number of nitrogens with one attached hydrogen (secondary N) is 1. The first-order valence-electron chi connectivity index (χ1n) is 5.55. The Morgan fingerprint density at radius 1 is 1.06 bits per heavy atom. The van der Waals surface area contributed by atoms with Crippen LogP contribution >= 0.6 is 11.6 Å². The zero-order chi connectivity index (χ0) is 12.5. The van der Waals surface area contributed by atoms with Crippen molar-refractivity contribution in [2.75, 3.05) is 0 Å². The number of nitrogens with zero attached hydrogens (tertiary/aromatic N) is 1. The van der Waals surface area contributed by atoms with Gasteiger partial charge in [-0.15, -0.1) is 0 Å². The molecule has 0 unspecified atom stereocenters. The number of aromatic nitrogens is 1. The van der Waals surface area contributed by atoms with E-state index in [9.17, 15) is 0 Å². The molecule has 86 valence electrons. The lowest BCUT2D eigenvalue weighted by Crippen LogP contribution is -1.76. The molecule has 1 N–H and O–H groups in total. The standard InChI is InChI=1S/C15H9ClN2/c16-13-3-1-2-11(7-13)15-8-12-6-10(9-17)4-5-14(12)18-15/h1-8,18H. The van der Waals surface area contributed by atoms with Crippen molar-refractivity contribution in [1.29, 1.82) is 5.26 Å². The number of benzene rings is 2. The Kier molecular flexibility index (Phi) is 2.55. The van der Waals surface area contributed by atoms with Crippen molar-refractivity contribution in [3.05, 3.63) is 59.1 Å². The van der Waals surface area contributed by atoms with Crippen LogP contribution in [0.1, 0.15) is 5.56 Å². The first-order chi connectivity index (χ1) is 8.76. The first-order valence-corrected chi connectivity index (χ1v) is 5.93. The summed E-state index contributed by atoms with van der Waals surface area (Å²) in [5.41, 5.74) is 3.72. The smallest absolute Gasteiger partial charge is 0.0991 e. The highest BCUT2D eigenvalue weighted by atomic mass is 35.5. The lowest BCUT2D eigenvalue weighted by atomic mass is 10.1. The molecule has 2 nitrogen and oxygen atoms in total. The Morgan fingerprint density at radius 2 is 1.94 bits per heavy atom. The highest BCUT2D eigenvalue weighted by molar-refractivity contribution is 6.30. The second kappa shape index (κ2) is 4.21. The molecule has 0 aliphatic heterocycles. The molecular formula is C15H9ClN2. The number of H-pyrrole nitrogens is 1. The Balaban J connectivity index is 2.17. The quantitative estimate of drug-likeness (QED) is 0.687. The third-order valence-electron chi connectivity index (χ3n) is 2.89. The van der Waals surface area contributed by atoms with E-state index in [2.05, 4.69) is 11.1 Å². The highest BCUT2D eigenvalue weighted by Crippen LogP contribution is 2.26. The van der Waals surface area contributed by atoms with Crippen LogP contribution in [0.25, 0.3) is 22.2 Å². The fourth-order valence-electron chi connectivity index (χ4n) is 2.01.